The quantitative estimate of drug-likeness (QED) is 0.0161. The summed E-state index contributed by atoms with van der Waals surface area (Å²) in [6.45, 7) is 58.2. The molecule has 6 saturated carbocycles. The Morgan fingerprint density at radius 2 is 1.24 bits per heavy atom. The Kier molecular flexibility index (Phi) is 76.0. The normalized spacial score (nSPS) is 23.6. The van der Waals surface area contributed by atoms with E-state index in [4.69, 9.17) is 37.9 Å². The zero-order valence-electron chi connectivity index (χ0n) is 66.4. The second-order valence-corrected chi connectivity index (χ2v) is 26.6. The summed E-state index contributed by atoms with van der Waals surface area (Å²) in [6, 6.07) is 10.6. The molecule has 100 heavy (non-hydrogen) atoms. The highest BCUT2D eigenvalue weighted by Gasteiger charge is 2.60. The number of carbonyl (C=O) groups excluding carboxylic acids is 2. The Hall–Kier alpha value is -4.40. The third-order valence-corrected chi connectivity index (χ3v) is 18.6. The molecule has 13 unspecified atom stereocenters. The predicted molar refractivity (Wildman–Crippen MR) is 426 cm³/mol. The smallest absolute Gasteiger partial charge is 0.333 e. The van der Waals surface area contributed by atoms with Crippen LogP contribution in [0.25, 0.3) is 0 Å². The Balaban J connectivity index is -0.000000331. The van der Waals surface area contributed by atoms with E-state index in [2.05, 4.69) is 154 Å². The fraction of sp³-hybridized carbons (Fsp3) is 0.770. The maximum absolute atomic E-state index is 10.7. The highest BCUT2D eigenvalue weighted by atomic mass is 16.7. The molecule has 9 rings (SSSR count). The van der Waals surface area contributed by atoms with Crippen molar-refractivity contribution in [1.82, 2.24) is 0 Å². The van der Waals surface area contributed by atoms with E-state index in [9.17, 15) is 9.59 Å². The molecule has 0 amide bonds. The van der Waals surface area contributed by atoms with Gasteiger partial charge in [-0.2, -0.15) is 0 Å². The number of methoxy groups -OCH3 is 1. The highest BCUT2D eigenvalue weighted by Crippen LogP contribution is 2.68. The van der Waals surface area contributed by atoms with Crippen molar-refractivity contribution in [3.05, 3.63) is 112 Å². The standard InChI is InChI=1S/C11H20O.C10H16.C9H16.C9H12.C8H14O2.2C7H14O2.C7H14O.C6H12O.C5H8O2.C4H8O2.C2H6.2CH4/c1-4-8(2)9-5-6-11(3)10(7-9)12-11;1-2-6-3-7-4-8(6)10-5-9(7)10;1-2-7-3-4-8-6-9(8)5-7;1-2-6-9-7-4-3-5-8-9;1-4-5-6-10-8(9)7(2)3;1-2-3-4-8-5-7-6-9-7;1-3-5-9-7-6-8-4-2;1-3-5-7-8-6-4-2;1-3-5-6-7-4-2;1-3-5(6)7-4-2;1-3-6-4-5-2;1-2;;/h8-10H,4-7H2,1-3H3;6-10H,2-5H2,1H3;7-9H,2-6H2,1H3;3-5,7-8H,2,6H2,1H3;2,4-6H2,1,3H3;7H,2-6H2,1H3;4H,2-3,5-7H2,1H3;4,6H,3,5,7H2,1-2H3;4H,2-3,5-6H2,1H3;3H,1,4H2,2H3;3H,1,4H2,2H3;1-2H3;2*1H4/b;;;;;;;6-4+;;;;;;. The Bertz CT molecular complexity index is 2030. The fourth-order valence-corrected chi connectivity index (χ4v) is 12.1. The average molecular weight is 1420 g/mol. The van der Waals surface area contributed by atoms with Crippen LogP contribution in [0.1, 0.15) is 279 Å². The minimum Gasteiger partial charge on any atom is -0.502 e. The van der Waals surface area contributed by atoms with Crippen LogP contribution in [0.2, 0.25) is 0 Å². The van der Waals surface area contributed by atoms with E-state index in [0.717, 1.165) is 101 Å². The third kappa shape index (κ3) is 58.0. The molecule has 0 aromatic heterocycles. The minimum absolute atomic E-state index is 0. The zero-order chi connectivity index (χ0) is 74.0. The van der Waals surface area contributed by atoms with Gasteiger partial charge in [0.15, 0.2) is 6.79 Å². The van der Waals surface area contributed by atoms with Crippen molar-refractivity contribution in [3.8, 4) is 0 Å². The lowest BCUT2D eigenvalue weighted by molar-refractivity contribution is -0.139. The number of rotatable bonds is 34. The van der Waals surface area contributed by atoms with E-state index in [1.807, 2.05) is 26.8 Å². The minimum atomic E-state index is -0.359. The average Bonchev–Trinajstić information content (AvgIpc) is 1.57. The van der Waals surface area contributed by atoms with Gasteiger partial charge >= 0.3 is 11.9 Å². The molecule has 0 spiro atoms. The van der Waals surface area contributed by atoms with Crippen LogP contribution < -0.4 is 0 Å². The first-order valence-corrected chi connectivity index (χ1v) is 39.0. The van der Waals surface area contributed by atoms with Crippen LogP contribution in [0.4, 0.5) is 0 Å². The Labute approximate surface area is 618 Å². The number of allylic oxidation sites excluding steroid dienone is 1. The number of fused-ring (bicyclic) bond motifs is 7. The number of esters is 2. The molecule has 2 bridgehead atoms. The van der Waals surface area contributed by atoms with Crippen molar-refractivity contribution < 1.29 is 61.7 Å². The van der Waals surface area contributed by atoms with Crippen molar-refractivity contribution >= 4 is 11.9 Å². The van der Waals surface area contributed by atoms with Crippen LogP contribution in [-0.4, -0.2) is 110 Å². The number of carbonyl (C=O) groups is 2. The predicted octanol–water partition coefficient (Wildman–Crippen LogP) is 23.9. The van der Waals surface area contributed by atoms with Gasteiger partial charge in [0.05, 0.1) is 83.0 Å². The van der Waals surface area contributed by atoms with E-state index in [1.165, 1.54) is 143 Å². The number of ether oxygens (including phenoxy) is 11. The van der Waals surface area contributed by atoms with E-state index in [1.54, 1.807) is 65.7 Å². The summed E-state index contributed by atoms with van der Waals surface area (Å²) < 4.78 is 54.0. The number of benzene rings is 1. The van der Waals surface area contributed by atoms with Crippen LogP contribution in [-0.2, 0) is 68.1 Å². The van der Waals surface area contributed by atoms with Gasteiger partial charge in [-0.1, -0.05) is 225 Å². The molecule has 0 radical (unpaired) electrons. The van der Waals surface area contributed by atoms with Crippen LogP contribution in [0.3, 0.4) is 0 Å². The summed E-state index contributed by atoms with van der Waals surface area (Å²) in [5.41, 5.74) is 2.22. The van der Waals surface area contributed by atoms with Crippen molar-refractivity contribution in [2.24, 2.45) is 59.2 Å². The molecular weight excluding hydrogens is 1250 g/mol. The molecule has 13 nitrogen and oxygen atoms in total. The number of unbranched alkanes of at least 4 members (excludes halogenated alkanes) is 4. The summed E-state index contributed by atoms with van der Waals surface area (Å²) >= 11 is 0. The van der Waals surface area contributed by atoms with E-state index in [-0.39, 0.29) is 26.8 Å². The van der Waals surface area contributed by atoms with Gasteiger partial charge in [-0.25, -0.2) is 9.59 Å². The van der Waals surface area contributed by atoms with Gasteiger partial charge in [0.25, 0.3) is 0 Å². The number of epoxide rings is 2. The number of hydrogen-bond donors (Lipinski definition) is 0. The van der Waals surface area contributed by atoms with Crippen molar-refractivity contribution in [1.29, 1.82) is 0 Å². The van der Waals surface area contributed by atoms with Crippen LogP contribution in [0.5, 0.6) is 0 Å². The molecule has 8 aliphatic rings. The summed E-state index contributed by atoms with van der Waals surface area (Å²) in [4.78, 5) is 20.8. The van der Waals surface area contributed by atoms with E-state index < -0.39 is 0 Å². The highest BCUT2D eigenvalue weighted by molar-refractivity contribution is 5.86. The van der Waals surface area contributed by atoms with Gasteiger partial charge in [-0.05, 0) is 189 Å². The molecule has 6 aliphatic carbocycles. The summed E-state index contributed by atoms with van der Waals surface area (Å²) in [5.74, 6) is 10.7. The molecule has 13 atom stereocenters. The summed E-state index contributed by atoms with van der Waals surface area (Å²) in [7, 11) is 1.56. The van der Waals surface area contributed by atoms with Crippen molar-refractivity contribution in [2.45, 2.75) is 298 Å². The topological polar surface area (TPSA) is 142 Å². The van der Waals surface area contributed by atoms with Crippen molar-refractivity contribution in [3.63, 3.8) is 0 Å². The fourth-order valence-electron chi connectivity index (χ4n) is 12.1. The monoisotopic (exact) mass is 1420 g/mol. The lowest BCUT2D eigenvalue weighted by Gasteiger charge is -2.26. The zero-order valence-corrected chi connectivity index (χ0v) is 66.4. The largest absolute Gasteiger partial charge is 0.502 e. The molecule has 1 aromatic carbocycles. The molecule has 8 fully saturated rings. The number of hydrogen-bond acceptors (Lipinski definition) is 13. The molecule has 2 heterocycles. The van der Waals surface area contributed by atoms with Gasteiger partial charge in [0, 0.05) is 32.0 Å². The molecule has 588 valence electrons. The molecular formula is C87H162O13. The molecule has 1 aromatic rings. The van der Waals surface area contributed by atoms with E-state index >= 15 is 0 Å². The van der Waals surface area contributed by atoms with E-state index in [0.29, 0.717) is 56.6 Å². The van der Waals surface area contributed by atoms with Crippen LogP contribution >= 0.6 is 0 Å². The second-order valence-electron chi connectivity index (χ2n) is 26.6. The van der Waals surface area contributed by atoms with Gasteiger partial charge < -0.3 is 52.1 Å². The second kappa shape index (κ2) is 72.9. The molecule has 2 aliphatic heterocycles. The third-order valence-electron chi connectivity index (χ3n) is 18.6. The summed E-state index contributed by atoms with van der Waals surface area (Å²) in [6.07, 6.45) is 41.9. The van der Waals surface area contributed by atoms with Gasteiger partial charge in [-0.15, -0.1) is 0 Å². The summed E-state index contributed by atoms with van der Waals surface area (Å²) in [5, 5.41) is 0. The lowest BCUT2D eigenvalue weighted by Crippen LogP contribution is -2.24. The van der Waals surface area contributed by atoms with Gasteiger partial charge in [0.1, 0.15) is 12.7 Å². The Morgan fingerprint density at radius 1 is 0.630 bits per heavy atom. The van der Waals surface area contributed by atoms with Crippen LogP contribution in [0.15, 0.2) is 106 Å². The SMILES string of the molecule is C.C.C/C=C/OCCCC.C=C(C)C(=O)OCCCC.C=CC(=O)OCC.C=COCCCC.C=COCCOCCC.C=COCOC.CC.CCC(C)C1CCC2(C)OC2C1.CCC1CC2CC1C1CC21.CCC1CCC2CC2C1.CCCCOCC1CO1.CCCc1ccccc1. The lowest BCUT2D eigenvalue weighted by atomic mass is 9.76. The van der Waals surface area contributed by atoms with Gasteiger partial charge in [0.2, 0.25) is 0 Å². The molecule has 13 heteroatoms. The first-order chi connectivity index (χ1) is 47.5. The molecule has 2 saturated heterocycles. The maximum atomic E-state index is 10.7. The molecule has 0 N–H and O–H groups in total. The van der Waals surface area contributed by atoms with Crippen LogP contribution in [0, 0.1) is 59.2 Å². The first kappa shape index (κ1) is 104. The van der Waals surface area contributed by atoms with Gasteiger partial charge in [-0.3, -0.25) is 0 Å². The Morgan fingerprint density at radius 3 is 1.70 bits per heavy atom. The number of aryl methyl sites for hydroxylation is 1. The maximum Gasteiger partial charge on any atom is 0.333 e. The first-order valence-electron chi connectivity index (χ1n) is 39.0. The van der Waals surface area contributed by atoms with Crippen molar-refractivity contribution in [2.75, 3.05) is 80.0 Å².